The van der Waals surface area contributed by atoms with E-state index in [1.54, 1.807) is 6.92 Å². The van der Waals surface area contributed by atoms with Crippen molar-refractivity contribution in [2.75, 3.05) is 13.7 Å². The van der Waals surface area contributed by atoms with E-state index in [2.05, 4.69) is 4.99 Å². The van der Waals surface area contributed by atoms with Crippen molar-refractivity contribution in [3.63, 3.8) is 0 Å². The molecule has 0 radical (unpaired) electrons. The van der Waals surface area contributed by atoms with E-state index < -0.39 is 5.97 Å². The average Bonchev–Trinajstić information content (AvgIpc) is 2.03. The molecule has 2 N–H and O–H groups in total. The van der Waals surface area contributed by atoms with Crippen LogP contribution in [0.25, 0.3) is 0 Å². The van der Waals surface area contributed by atoms with E-state index in [-0.39, 0.29) is 18.6 Å². The fourth-order valence-electron chi connectivity index (χ4n) is 0.886. The van der Waals surface area contributed by atoms with Gasteiger partial charge in [0.15, 0.2) is 0 Å². The Hall–Kier alpha value is -1.16. The van der Waals surface area contributed by atoms with Gasteiger partial charge < -0.3 is 10.2 Å². The summed E-state index contributed by atoms with van der Waals surface area (Å²) in [6.07, 6.45) is 1.75. The first kappa shape index (κ1) is 10.8. The standard InChI is InChI=1S/C8H13NO3/c1-3-6(8(11)12)7(9-2)4-5-10/h3,10H,4-5H2,1-2H3,(H,11,12)/b6-3+,9-7-. The van der Waals surface area contributed by atoms with E-state index in [4.69, 9.17) is 10.2 Å². The van der Waals surface area contributed by atoms with Crippen LogP contribution in [0.4, 0.5) is 0 Å². The van der Waals surface area contributed by atoms with E-state index in [1.165, 1.54) is 13.1 Å². The van der Waals surface area contributed by atoms with Gasteiger partial charge in [-0.05, 0) is 6.92 Å². The quantitative estimate of drug-likeness (QED) is 0.477. The Morgan fingerprint density at radius 1 is 1.58 bits per heavy atom. The monoisotopic (exact) mass is 171 g/mol. The highest BCUT2D eigenvalue weighted by Crippen LogP contribution is 2.02. The molecule has 12 heavy (non-hydrogen) atoms. The number of carboxylic acid groups (broad SMARTS) is 1. The van der Waals surface area contributed by atoms with Crippen molar-refractivity contribution in [1.82, 2.24) is 0 Å². The summed E-state index contributed by atoms with van der Waals surface area (Å²) in [6, 6.07) is 0. The Bertz CT molecular complexity index is 218. The van der Waals surface area contributed by atoms with Crippen molar-refractivity contribution in [3.05, 3.63) is 11.6 Å². The van der Waals surface area contributed by atoms with Crippen molar-refractivity contribution in [3.8, 4) is 0 Å². The first-order valence-corrected chi connectivity index (χ1v) is 3.63. The van der Waals surface area contributed by atoms with E-state index in [0.29, 0.717) is 5.71 Å². The molecule has 0 aromatic rings. The minimum Gasteiger partial charge on any atom is -0.478 e. The molecule has 0 heterocycles. The second-order valence-corrected chi connectivity index (χ2v) is 2.15. The molecule has 68 valence electrons. The molecule has 0 amide bonds. The lowest BCUT2D eigenvalue weighted by atomic mass is 10.1. The number of carboxylic acids is 1. The van der Waals surface area contributed by atoms with E-state index >= 15 is 0 Å². The molecule has 0 bridgehead atoms. The average molecular weight is 171 g/mol. The van der Waals surface area contributed by atoms with Gasteiger partial charge in [0.05, 0.1) is 11.3 Å². The van der Waals surface area contributed by atoms with E-state index in [1.807, 2.05) is 0 Å². The molecule has 0 unspecified atom stereocenters. The largest absolute Gasteiger partial charge is 0.478 e. The van der Waals surface area contributed by atoms with Gasteiger partial charge in [-0.1, -0.05) is 6.08 Å². The number of carbonyl (C=O) groups is 1. The molecule has 0 aliphatic rings. The van der Waals surface area contributed by atoms with Crippen LogP contribution in [0.2, 0.25) is 0 Å². The summed E-state index contributed by atoms with van der Waals surface area (Å²) >= 11 is 0. The maximum atomic E-state index is 10.6. The highest BCUT2D eigenvalue weighted by Gasteiger charge is 2.11. The molecule has 0 spiro atoms. The maximum Gasteiger partial charge on any atom is 0.337 e. The number of aliphatic carboxylic acids is 1. The van der Waals surface area contributed by atoms with Gasteiger partial charge in [-0.3, -0.25) is 4.99 Å². The number of hydrogen-bond donors (Lipinski definition) is 2. The number of hydrogen-bond acceptors (Lipinski definition) is 3. The number of rotatable bonds is 4. The predicted molar refractivity (Wildman–Crippen MR) is 46.5 cm³/mol. The number of aliphatic imine (C=N–C) groups is 1. The number of nitrogens with zero attached hydrogens (tertiary/aromatic N) is 1. The predicted octanol–water partition coefficient (Wildman–Crippen LogP) is 0.470. The first-order valence-electron chi connectivity index (χ1n) is 3.63. The molecule has 4 heteroatoms. The molecular formula is C8H13NO3. The van der Waals surface area contributed by atoms with Crippen LogP contribution in [-0.4, -0.2) is 35.5 Å². The fraction of sp³-hybridized carbons (Fsp3) is 0.500. The summed E-state index contributed by atoms with van der Waals surface area (Å²) < 4.78 is 0. The molecule has 0 saturated carbocycles. The summed E-state index contributed by atoms with van der Waals surface area (Å²) in [4.78, 5) is 14.4. The van der Waals surface area contributed by atoms with Gasteiger partial charge in [0.1, 0.15) is 0 Å². The van der Waals surface area contributed by atoms with Crippen LogP contribution in [0.15, 0.2) is 16.6 Å². The second-order valence-electron chi connectivity index (χ2n) is 2.15. The van der Waals surface area contributed by atoms with Crippen molar-refractivity contribution in [1.29, 1.82) is 0 Å². The van der Waals surface area contributed by atoms with Gasteiger partial charge in [0.25, 0.3) is 0 Å². The smallest absolute Gasteiger partial charge is 0.337 e. The lowest BCUT2D eigenvalue weighted by Crippen LogP contribution is -2.13. The number of allylic oxidation sites excluding steroid dienone is 1. The minimum atomic E-state index is -1.01. The van der Waals surface area contributed by atoms with Crippen molar-refractivity contribution < 1.29 is 15.0 Å². The SMILES string of the molecule is C/C=C(C(=O)O)\C(CCO)=N/C. The Labute approximate surface area is 71.2 Å². The van der Waals surface area contributed by atoms with E-state index in [0.717, 1.165) is 0 Å². The lowest BCUT2D eigenvalue weighted by Gasteiger charge is -2.03. The highest BCUT2D eigenvalue weighted by molar-refractivity contribution is 6.19. The van der Waals surface area contributed by atoms with Gasteiger partial charge in [0, 0.05) is 20.1 Å². The summed E-state index contributed by atoms with van der Waals surface area (Å²) in [6.45, 7) is 1.54. The van der Waals surface area contributed by atoms with Crippen LogP contribution in [0.3, 0.4) is 0 Å². The molecule has 0 rings (SSSR count). The zero-order chi connectivity index (χ0) is 9.56. The van der Waals surface area contributed by atoms with E-state index in [9.17, 15) is 4.79 Å². The van der Waals surface area contributed by atoms with Crippen LogP contribution >= 0.6 is 0 Å². The van der Waals surface area contributed by atoms with Crippen LogP contribution in [-0.2, 0) is 4.79 Å². The Kier molecular flexibility index (Phi) is 4.96. The summed E-state index contributed by atoms with van der Waals surface area (Å²) in [5.41, 5.74) is 0.582. The van der Waals surface area contributed by atoms with Crippen LogP contribution in [0.5, 0.6) is 0 Å². The molecular weight excluding hydrogens is 158 g/mol. The third kappa shape index (κ3) is 2.84. The third-order valence-corrected chi connectivity index (χ3v) is 1.45. The maximum absolute atomic E-state index is 10.6. The molecule has 0 aliphatic heterocycles. The Morgan fingerprint density at radius 3 is 2.42 bits per heavy atom. The van der Waals surface area contributed by atoms with Crippen LogP contribution < -0.4 is 0 Å². The zero-order valence-electron chi connectivity index (χ0n) is 7.24. The molecule has 0 saturated heterocycles. The van der Waals surface area contributed by atoms with Gasteiger partial charge in [0.2, 0.25) is 0 Å². The summed E-state index contributed by atoms with van der Waals surface area (Å²) in [5.74, 6) is -1.01. The molecule has 0 fully saturated rings. The van der Waals surface area contributed by atoms with Crippen molar-refractivity contribution >= 4 is 11.7 Å². The number of aliphatic hydroxyl groups is 1. The highest BCUT2D eigenvalue weighted by atomic mass is 16.4. The Balaban J connectivity index is 4.60. The van der Waals surface area contributed by atoms with Crippen LogP contribution in [0, 0.1) is 0 Å². The summed E-state index contributed by atoms with van der Waals surface area (Å²) in [5, 5.41) is 17.3. The molecule has 0 atom stereocenters. The number of aliphatic hydroxyl groups excluding tert-OH is 1. The van der Waals surface area contributed by atoms with Gasteiger partial charge >= 0.3 is 5.97 Å². The van der Waals surface area contributed by atoms with Gasteiger partial charge in [-0.2, -0.15) is 0 Å². The zero-order valence-corrected chi connectivity index (χ0v) is 7.24. The first-order chi connectivity index (χ1) is 5.67. The van der Waals surface area contributed by atoms with Crippen molar-refractivity contribution in [2.24, 2.45) is 4.99 Å². The minimum absolute atomic E-state index is 0.0860. The molecule has 0 aromatic carbocycles. The molecule has 0 aliphatic carbocycles. The third-order valence-electron chi connectivity index (χ3n) is 1.45. The second kappa shape index (κ2) is 5.49. The van der Waals surface area contributed by atoms with Gasteiger partial charge in [-0.25, -0.2) is 4.79 Å². The lowest BCUT2D eigenvalue weighted by molar-refractivity contribution is -0.132. The van der Waals surface area contributed by atoms with Gasteiger partial charge in [-0.15, -0.1) is 0 Å². The summed E-state index contributed by atoms with van der Waals surface area (Å²) in [7, 11) is 1.51. The Morgan fingerprint density at radius 2 is 2.17 bits per heavy atom. The molecule has 4 nitrogen and oxygen atoms in total. The fourth-order valence-corrected chi connectivity index (χ4v) is 0.886. The van der Waals surface area contributed by atoms with Crippen molar-refractivity contribution in [2.45, 2.75) is 13.3 Å². The van der Waals surface area contributed by atoms with Crippen LogP contribution in [0.1, 0.15) is 13.3 Å². The molecule has 0 aromatic heterocycles. The topological polar surface area (TPSA) is 69.9 Å². The normalized spacial score (nSPS) is 13.2.